The Morgan fingerprint density at radius 3 is 2.67 bits per heavy atom. The number of carbonyl (C=O) groups excluding carboxylic acids is 1. The molecule has 1 aliphatic carbocycles. The number of allylic oxidation sites excluding steroid dienone is 2. The third-order valence-electron chi connectivity index (χ3n) is 3.13. The number of carbonyl (C=O) groups is 1. The Morgan fingerprint density at radius 2 is 2.25 bits per heavy atom. The molecule has 0 bridgehead atoms. The van der Waals surface area contributed by atoms with Crippen LogP contribution in [-0.4, -0.2) is 5.78 Å². The first-order valence-electron chi connectivity index (χ1n) is 4.77. The Hall–Kier alpha value is -0.590. The molecule has 0 aromatic rings. The highest BCUT2D eigenvalue weighted by Gasteiger charge is 2.27. The number of ketones is 1. The van der Waals surface area contributed by atoms with Crippen LogP contribution in [0.3, 0.4) is 0 Å². The summed E-state index contributed by atoms with van der Waals surface area (Å²) in [6.45, 7) is 6.76. The fourth-order valence-corrected chi connectivity index (χ4v) is 1.61. The van der Waals surface area contributed by atoms with E-state index in [1.165, 1.54) is 6.42 Å². The van der Waals surface area contributed by atoms with E-state index >= 15 is 0 Å². The van der Waals surface area contributed by atoms with Crippen LogP contribution in [-0.2, 0) is 4.79 Å². The molecule has 1 unspecified atom stereocenters. The van der Waals surface area contributed by atoms with E-state index in [9.17, 15) is 4.79 Å². The highest BCUT2D eigenvalue weighted by Crippen LogP contribution is 2.36. The summed E-state index contributed by atoms with van der Waals surface area (Å²) in [6.07, 6.45) is 6.80. The maximum Gasteiger partial charge on any atom is 0.155 e. The van der Waals surface area contributed by atoms with Gasteiger partial charge in [0, 0.05) is 6.42 Å². The molecule has 0 saturated heterocycles. The Labute approximate surface area is 74.9 Å². The summed E-state index contributed by atoms with van der Waals surface area (Å²) in [5.41, 5.74) is 0.358. The van der Waals surface area contributed by atoms with Gasteiger partial charge in [-0.2, -0.15) is 0 Å². The first-order valence-corrected chi connectivity index (χ1v) is 4.77. The molecule has 1 aliphatic rings. The van der Waals surface area contributed by atoms with E-state index in [4.69, 9.17) is 0 Å². The largest absolute Gasteiger partial charge is 0.295 e. The molecule has 0 radical (unpaired) electrons. The second kappa shape index (κ2) is 3.42. The van der Waals surface area contributed by atoms with Gasteiger partial charge in [0.25, 0.3) is 0 Å². The monoisotopic (exact) mass is 166 g/mol. The van der Waals surface area contributed by atoms with Crippen molar-refractivity contribution in [3.05, 3.63) is 12.2 Å². The third kappa shape index (κ3) is 1.96. The van der Waals surface area contributed by atoms with Gasteiger partial charge in [-0.05, 0) is 23.8 Å². The van der Waals surface area contributed by atoms with E-state index in [2.05, 4.69) is 26.8 Å². The van der Waals surface area contributed by atoms with E-state index in [1.807, 2.05) is 0 Å². The predicted molar refractivity (Wildman–Crippen MR) is 50.9 cm³/mol. The van der Waals surface area contributed by atoms with Crippen LogP contribution in [0.1, 0.15) is 40.0 Å². The lowest BCUT2D eigenvalue weighted by atomic mass is 9.72. The number of hydrogen-bond acceptors (Lipinski definition) is 1. The van der Waals surface area contributed by atoms with Crippen molar-refractivity contribution >= 4 is 5.78 Å². The van der Waals surface area contributed by atoms with Crippen molar-refractivity contribution in [2.75, 3.05) is 0 Å². The molecule has 1 rings (SSSR count). The Kier molecular flexibility index (Phi) is 2.71. The van der Waals surface area contributed by atoms with Gasteiger partial charge in [-0.15, -0.1) is 0 Å². The summed E-state index contributed by atoms with van der Waals surface area (Å²) in [6, 6.07) is 0. The SMILES string of the molecule is CCC(C)(C)C1C=CC(=O)CC1. The molecular weight excluding hydrogens is 148 g/mol. The standard InChI is InChI=1S/C11H18O/c1-4-11(2,3)9-5-7-10(12)8-6-9/h5,7,9H,4,6,8H2,1-3H3. The van der Waals surface area contributed by atoms with E-state index in [0.717, 1.165) is 12.8 Å². The molecule has 0 aliphatic heterocycles. The Morgan fingerprint density at radius 1 is 1.58 bits per heavy atom. The lowest BCUT2D eigenvalue weighted by molar-refractivity contribution is -0.115. The van der Waals surface area contributed by atoms with Crippen LogP contribution in [0.15, 0.2) is 12.2 Å². The third-order valence-corrected chi connectivity index (χ3v) is 3.13. The number of hydrogen-bond donors (Lipinski definition) is 0. The Balaban J connectivity index is 2.66. The van der Waals surface area contributed by atoms with E-state index in [-0.39, 0.29) is 5.78 Å². The van der Waals surface area contributed by atoms with Crippen LogP contribution in [0, 0.1) is 11.3 Å². The van der Waals surface area contributed by atoms with Crippen LogP contribution in [0.4, 0.5) is 0 Å². The summed E-state index contributed by atoms with van der Waals surface area (Å²) in [4.78, 5) is 10.9. The van der Waals surface area contributed by atoms with Crippen molar-refractivity contribution in [1.82, 2.24) is 0 Å². The van der Waals surface area contributed by atoms with Crippen molar-refractivity contribution in [1.29, 1.82) is 0 Å². The second-order valence-electron chi connectivity index (χ2n) is 4.31. The van der Waals surface area contributed by atoms with Gasteiger partial charge in [0.15, 0.2) is 5.78 Å². The van der Waals surface area contributed by atoms with E-state index in [1.54, 1.807) is 6.08 Å². The molecule has 0 amide bonds. The van der Waals surface area contributed by atoms with Gasteiger partial charge in [0.1, 0.15) is 0 Å². The molecule has 0 aromatic heterocycles. The van der Waals surface area contributed by atoms with Crippen molar-refractivity contribution in [3.63, 3.8) is 0 Å². The van der Waals surface area contributed by atoms with Crippen LogP contribution >= 0.6 is 0 Å². The highest BCUT2D eigenvalue weighted by molar-refractivity contribution is 5.90. The molecule has 1 nitrogen and oxygen atoms in total. The first-order chi connectivity index (χ1) is 5.56. The van der Waals surface area contributed by atoms with Gasteiger partial charge in [-0.25, -0.2) is 0 Å². The summed E-state index contributed by atoms with van der Waals surface area (Å²) in [5.74, 6) is 0.887. The minimum Gasteiger partial charge on any atom is -0.295 e. The van der Waals surface area contributed by atoms with Crippen LogP contribution in [0.5, 0.6) is 0 Å². The van der Waals surface area contributed by atoms with E-state index < -0.39 is 0 Å². The second-order valence-corrected chi connectivity index (χ2v) is 4.31. The zero-order chi connectivity index (χ0) is 9.19. The first kappa shape index (κ1) is 9.50. The molecule has 68 valence electrons. The molecule has 1 heteroatoms. The minimum absolute atomic E-state index is 0.290. The maximum absolute atomic E-state index is 10.9. The average Bonchev–Trinajstić information content (AvgIpc) is 2.05. The van der Waals surface area contributed by atoms with Crippen LogP contribution in [0.25, 0.3) is 0 Å². The van der Waals surface area contributed by atoms with Crippen molar-refractivity contribution < 1.29 is 4.79 Å². The molecule has 0 fully saturated rings. The van der Waals surface area contributed by atoms with Gasteiger partial charge in [-0.3, -0.25) is 4.79 Å². The highest BCUT2D eigenvalue weighted by atomic mass is 16.1. The predicted octanol–water partition coefficient (Wildman–Crippen LogP) is 2.96. The molecule has 0 aromatic carbocycles. The van der Waals surface area contributed by atoms with Gasteiger partial charge < -0.3 is 0 Å². The normalized spacial score (nSPS) is 24.6. The summed E-state index contributed by atoms with van der Waals surface area (Å²) < 4.78 is 0. The lowest BCUT2D eigenvalue weighted by Crippen LogP contribution is -2.24. The smallest absolute Gasteiger partial charge is 0.155 e. The zero-order valence-electron chi connectivity index (χ0n) is 8.26. The fourth-order valence-electron chi connectivity index (χ4n) is 1.61. The van der Waals surface area contributed by atoms with Crippen molar-refractivity contribution in [2.45, 2.75) is 40.0 Å². The molecule has 0 saturated carbocycles. The van der Waals surface area contributed by atoms with E-state index in [0.29, 0.717) is 11.3 Å². The fraction of sp³-hybridized carbons (Fsp3) is 0.727. The quantitative estimate of drug-likeness (QED) is 0.616. The molecule has 1 atom stereocenters. The van der Waals surface area contributed by atoms with Gasteiger partial charge in [0.05, 0.1) is 0 Å². The summed E-state index contributed by atoms with van der Waals surface area (Å²) >= 11 is 0. The maximum atomic E-state index is 10.9. The topological polar surface area (TPSA) is 17.1 Å². The minimum atomic E-state index is 0.290. The van der Waals surface area contributed by atoms with Crippen molar-refractivity contribution in [2.24, 2.45) is 11.3 Å². The molecule has 0 heterocycles. The zero-order valence-corrected chi connectivity index (χ0v) is 8.26. The van der Waals surface area contributed by atoms with Crippen LogP contribution < -0.4 is 0 Å². The Bertz CT molecular complexity index is 201. The lowest BCUT2D eigenvalue weighted by Gasteiger charge is -2.32. The molecular formula is C11H18O. The van der Waals surface area contributed by atoms with Crippen LogP contribution in [0.2, 0.25) is 0 Å². The van der Waals surface area contributed by atoms with Gasteiger partial charge >= 0.3 is 0 Å². The van der Waals surface area contributed by atoms with Crippen molar-refractivity contribution in [3.8, 4) is 0 Å². The number of rotatable bonds is 2. The summed E-state index contributed by atoms with van der Waals surface area (Å²) in [5, 5.41) is 0. The van der Waals surface area contributed by atoms with Gasteiger partial charge in [-0.1, -0.05) is 33.3 Å². The average molecular weight is 166 g/mol. The molecule has 12 heavy (non-hydrogen) atoms. The molecule has 0 spiro atoms. The van der Waals surface area contributed by atoms with Gasteiger partial charge in [0.2, 0.25) is 0 Å². The summed E-state index contributed by atoms with van der Waals surface area (Å²) in [7, 11) is 0. The molecule has 0 N–H and O–H groups in total.